The van der Waals surface area contributed by atoms with Crippen molar-refractivity contribution in [2.45, 2.75) is 25.8 Å². The minimum Gasteiger partial charge on any atom is -0.334 e. The molecular weight excluding hydrogens is 216 g/mol. The Balaban J connectivity index is 2.11. The van der Waals surface area contributed by atoms with E-state index < -0.39 is 0 Å². The molecule has 0 aromatic carbocycles. The Morgan fingerprint density at radius 3 is 3.00 bits per heavy atom. The van der Waals surface area contributed by atoms with Crippen LogP contribution in [0.1, 0.15) is 28.9 Å². The highest BCUT2D eigenvalue weighted by Gasteiger charge is 2.30. The molecule has 1 fully saturated rings. The molecule has 1 N–H and O–H groups in total. The lowest BCUT2D eigenvalue weighted by Crippen LogP contribution is -2.41. The van der Waals surface area contributed by atoms with E-state index in [1.165, 1.54) is 0 Å². The molecule has 2 heterocycles. The molecule has 94 valence electrons. The first kappa shape index (κ1) is 12.1. The number of carbonyl (C=O) groups is 1. The number of H-pyrrole nitrogens is 1. The van der Waals surface area contributed by atoms with Gasteiger partial charge in [0.25, 0.3) is 5.91 Å². The Morgan fingerprint density at radius 1 is 1.65 bits per heavy atom. The number of aromatic amines is 1. The number of carbonyl (C=O) groups excluding carboxylic acids is 1. The van der Waals surface area contributed by atoms with Crippen LogP contribution in [0, 0.1) is 6.92 Å². The lowest BCUT2D eigenvalue weighted by molar-refractivity contribution is 0.0716. The summed E-state index contributed by atoms with van der Waals surface area (Å²) in [5, 5.41) is 6.74. The Bertz CT molecular complexity index is 399. The van der Waals surface area contributed by atoms with E-state index in [0.717, 1.165) is 31.6 Å². The van der Waals surface area contributed by atoms with Crippen LogP contribution in [0.15, 0.2) is 6.20 Å². The Labute approximate surface area is 102 Å². The van der Waals surface area contributed by atoms with Gasteiger partial charge in [0.15, 0.2) is 0 Å². The lowest BCUT2D eigenvalue weighted by atomic mass is 10.2. The molecule has 5 nitrogen and oxygen atoms in total. The van der Waals surface area contributed by atoms with Crippen molar-refractivity contribution in [1.82, 2.24) is 20.0 Å². The van der Waals surface area contributed by atoms with Gasteiger partial charge in [-0.25, -0.2) is 0 Å². The van der Waals surface area contributed by atoms with E-state index in [2.05, 4.69) is 15.1 Å². The molecule has 1 unspecified atom stereocenters. The number of nitrogens with one attached hydrogen (secondary N) is 1. The second-order valence-corrected chi connectivity index (χ2v) is 4.97. The molecule has 0 saturated carbocycles. The molecule has 1 aromatic rings. The van der Waals surface area contributed by atoms with E-state index in [1.54, 1.807) is 6.20 Å². The minimum absolute atomic E-state index is 0.112. The van der Waals surface area contributed by atoms with Crippen LogP contribution in [0.4, 0.5) is 0 Å². The van der Waals surface area contributed by atoms with E-state index in [4.69, 9.17) is 0 Å². The molecule has 1 aromatic heterocycles. The largest absolute Gasteiger partial charge is 0.334 e. The third-order valence-electron chi connectivity index (χ3n) is 3.27. The molecule has 2 rings (SSSR count). The standard InChI is InChI=1S/C12H20N4O/c1-9-11(7-13-14-9)12(17)16-6-4-5-10(16)8-15(2)3/h7,10H,4-6,8H2,1-3H3,(H,13,14). The number of aromatic nitrogens is 2. The minimum atomic E-state index is 0.112. The summed E-state index contributed by atoms with van der Waals surface area (Å²) in [6, 6.07) is 0.340. The molecule has 1 aliphatic rings. The number of likely N-dealkylation sites (tertiary alicyclic amines) is 1. The SMILES string of the molecule is Cc1[nH]ncc1C(=O)N1CCCC1CN(C)C. The van der Waals surface area contributed by atoms with Crippen molar-refractivity contribution in [2.24, 2.45) is 0 Å². The Morgan fingerprint density at radius 2 is 2.41 bits per heavy atom. The van der Waals surface area contributed by atoms with Crippen molar-refractivity contribution >= 4 is 5.91 Å². The predicted octanol–water partition coefficient (Wildman–Crippen LogP) is 0.884. The first-order valence-corrected chi connectivity index (χ1v) is 6.05. The summed E-state index contributed by atoms with van der Waals surface area (Å²) in [7, 11) is 4.09. The van der Waals surface area contributed by atoms with E-state index in [1.807, 2.05) is 25.9 Å². The van der Waals surface area contributed by atoms with Crippen molar-refractivity contribution in [1.29, 1.82) is 0 Å². The first-order valence-electron chi connectivity index (χ1n) is 6.05. The van der Waals surface area contributed by atoms with Crippen molar-refractivity contribution in [3.8, 4) is 0 Å². The van der Waals surface area contributed by atoms with Crippen molar-refractivity contribution in [2.75, 3.05) is 27.2 Å². The highest BCUT2D eigenvalue weighted by atomic mass is 16.2. The second kappa shape index (κ2) is 4.87. The molecule has 1 aliphatic heterocycles. The zero-order chi connectivity index (χ0) is 12.4. The number of nitrogens with zero attached hydrogens (tertiary/aromatic N) is 3. The fraction of sp³-hybridized carbons (Fsp3) is 0.667. The molecular formula is C12H20N4O. The summed E-state index contributed by atoms with van der Waals surface area (Å²) in [4.78, 5) is 16.5. The molecule has 1 saturated heterocycles. The molecule has 0 radical (unpaired) electrons. The van der Waals surface area contributed by atoms with Crippen LogP contribution >= 0.6 is 0 Å². The normalized spacial score (nSPS) is 20.2. The highest BCUT2D eigenvalue weighted by Crippen LogP contribution is 2.21. The van der Waals surface area contributed by atoms with Gasteiger partial charge >= 0.3 is 0 Å². The van der Waals surface area contributed by atoms with Gasteiger partial charge in [-0.3, -0.25) is 9.89 Å². The number of rotatable bonds is 3. The summed E-state index contributed by atoms with van der Waals surface area (Å²) < 4.78 is 0. The van der Waals surface area contributed by atoms with Crippen molar-refractivity contribution in [3.05, 3.63) is 17.5 Å². The molecule has 0 bridgehead atoms. The topological polar surface area (TPSA) is 52.2 Å². The quantitative estimate of drug-likeness (QED) is 0.847. The van der Waals surface area contributed by atoms with Gasteiger partial charge < -0.3 is 9.80 Å². The zero-order valence-corrected chi connectivity index (χ0v) is 10.7. The summed E-state index contributed by atoms with van der Waals surface area (Å²) in [6.45, 7) is 3.68. The predicted molar refractivity (Wildman–Crippen MR) is 65.9 cm³/mol. The zero-order valence-electron chi connectivity index (χ0n) is 10.7. The monoisotopic (exact) mass is 236 g/mol. The van der Waals surface area contributed by atoms with Crippen LogP contribution in [0.2, 0.25) is 0 Å². The molecule has 17 heavy (non-hydrogen) atoms. The van der Waals surface area contributed by atoms with Crippen molar-refractivity contribution < 1.29 is 4.79 Å². The number of hydrogen-bond acceptors (Lipinski definition) is 3. The molecule has 0 spiro atoms. The lowest BCUT2D eigenvalue weighted by Gasteiger charge is -2.27. The number of aryl methyl sites for hydroxylation is 1. The van der Waals surface area contributed by atoms with Crippen LogP contribution in [-0.4, -0.2) is 59.1 Å². The van der Waals surface area contributed by atoms with E-state index >= 15 is 0 Å². The Kier molecular flexibility index (Phi) is 3.47. The summed E-state index contributed by atoms with van der Waals surface area (Å²) in [6.07, 6.45) is 3.82. The van der Waals surface area contributed by atoms with Gasteiger partial charge in [-0.15, -0.1) is 0 Å². The Hall–Kier alpha value is -1.36. The van der Waals surface area contributed by atoms with Gasteiger partial charge in [-0.1, -0.05) is 0 Å². The van der Waals surface area contributed by atoms with Crippen LogP contribution in [0.5, 0.6) is 0 Å². The fourth-order valence-corrected chi connectivity index (χ4v) is 2.44. The number of amides is 1. The third-order valence-corrected chi connectivity index (χ3v) is 3.27. The summed E-state index contributed by atoms with van der Waals surface area (Å²) in [5.41, 5.74) is 1.56. The maximum absolute atomic E-state index is 12.4. The molecule has 1 amide bonds. The van der Waals surface area contributed by atoms with Gasteiger partial charge in [-0.05, 0) is 33.9 Å². The maximum atomic E-state index is 12.4. The van der Waals surface area contributed by atoms with E-state index in [0.29, 0.717) is 11.6 Å². The van der Waals surface area contributed by atoms with E-state index in [9.17, 15) is 4.79 Å². The first-order chi connectivity index (χ1) is 8.09. The van der Waals surface area contributed by atoms with Crippen LogP contribution in [0.3, 0.4) is 0 Å². The summed E-state index contributed by atoms with van der Waals surface area (Å²) in [5.74, 6) is 0.112. The average molecular weight is 236 g/mol. The van der Waals surface area contributed by atoms with Gasteiger partial charge in [-0.2, -0.15) is 5.10 Å². The van der Waals surface area contributed by atoms with Gasteiger partial charge in [0, 0.05) is 24.8 Å². The smallest absolute Gasteiger partial charge is 0.257 e. The van der Waals surface area contributed by atoms with Crippen LogP contribution in [0.25, 0.3) is 0 Å². The fourth-order valence-electron chi connectivity index (χ4n) is 2.44. The summed E-state index contributed by atoms with van der Waals surface area (Å²) >= 11 is 0. The maximum Gasteiger partial charge on any atom is 0.257 e. The second-order valence-electron chi connectivity index (χ2n) is 4.97. The van der Waals surface area contributed by atoms with Gasteiger partial charge in [0.05, 0.1) is 11.8 Å². The van der Waals surface area contributed by atoms with Crippen LogP contribution < -0.4 is 0 Å². The molecule has 5 heteroatoms. The van der Waals surface area contributed by atoms with Crippen LogP contribution in [-0.2, 0) is 0 Å². The average Bonchev–Trinajstić information content (AvgIpc) is 2.85. The van der Waals surface area contributed by atoms with E-state index in [-0.39, 0.29) is 5.91 Å². The number of hydrogen-bond donors (Lipinski definition) is 1. The van der Waals surface area contributed by atoms with Gasteiger partial charge in [0.2, 0.25) is 0 Å². The van der Waals surface area contributed by atoms with Gasteiger partial charge in [0.1, 0.15) is 0 Å². The third kappa shape index (κ3) is 2.49. The van der Waals surface area contributed by atoms with Crippen molar-refractivity contribution in [3.63, 3.8) is 0 Å². The highest BCUT2D eigenvalue weighted by molar-refractivity contribution is 5.95. The number of likely N-dealkylation sites (N-methyl/N-ethyl adjacent to an activating group) is 1. The molecule has 0 aliphatic carbocycles. The molecule has 1 atom stereocenters.